The zero-order valence-corrected chi connectivity index (χ0v) is 9.71. The Morgan fingerprint density at radius 1 is 1.47 bits per heavy atom. The van der Waals surface area contributed by atoms with Gasteiger partial charge in [-0.05, 0) is 30.4 Å². The second-order valence-electron chi connectivity index (χ2n) is 3.18. The van der Waals surface area contributed by atoms with Crippen LogP contribution >= 0.6 is 11.8 Å². The number of methoxy groups -OCH3 is 1. The minimum atomic E-state index is -0.574. The first-order chi connectivity index (χ1) is 7.17. The summed E-state index contributed by atoms with van der Waals surface area (Å²) in [5.41, 5.74) is 6.70. The van der Waals surface area contributed by atoms with Crippen LogP contribution in [0.3, 0.4) is 0 Å². The van der Waals surface area contributed by atoms with Gasteiger partial charge in [0.2, 0.25) is 0 Å². The zero-order chi connectivity index (χ0) is 11.3. The third kappa shape index (κ3) is 3.57. The average Bonchev–Trinajstić information content (AvgIpc) is 2.29. The van der Waals surface area contributed by atoms with Gasteiger partial charge >= 0.3 is 5.97 Å². The lowest BCUT2D eigenvalue weighted by molar-refractivity contribution is -0.142. The molecule has 1 aromatic rings. The van der Waals surface area contributed by atoms with Gasteiger partial charge in [-0.1, -0.05) is 12.1 Å². The van der Waals surface area contributed by atoms with Crippen LogP contribution in [0, 0.1) is 0 Å². The molecule has 2 N–H and O–H groups in total. The molecule has 0 saturated carbocycles. The second kappa shape index (κ2) is 5.78. The highest BCUT2D eigenvalue weighted by molar-refractivity contribution is 7.98. The molecule has 0 unspecified atom stereocenters. The molecule has 0 aliphatic carbocycles. The Morgan fingerprint density at radius 3 is 2.53 bits per heavy atom. The molecular weight excluding hydrogens is 210 g/mol. The number of ether oxygens (including phenoxy) is 1. The molecule has 0 radical (unpaired) electrons. The van der Waals surface area contributed by atoms with Gasteiger partial charge in [-0.2, -0.15) is 0 Å². The molecular formula is C11H15NO2S. The van der Waals surface area contributed by atoms with Gasteiger partial charge in [0.15, 0.2) is 0 Å². The number of benzene rings is 1. The largest absolute Gasteiger partial charge is 0.468 e. The number of hydrogen-bond acceptors (Lipinski definition) is 4. The summed E-state index contributed by atoms with van der Waals surface area (Å²) in [5, 5.41) is 0. The molecule has 0 spiro atoms. The van der Waals surface area contributed by atoms with E-state index in [-0.39, 0.29) is 5.97 Å². The number of rotatable bonds is 4. The molecule has 15 heavy (non-hydrogen) atoms. The summed E-state index contributed by atoms with van der Waals surface area (Å²) in [5.74, 6) is -0.371. The van der Waals surface area contributed by atoms with Crippen LogP contribution in [0.5, 0.6) is 0 Å². The van der Waals surface area contributed by atoms with E-state index in [1.165, 1.54) is 12.0 Å². The maximum absolute atomic E-state index is 11.1. The van der Waals surface area contributed by atoms with Gasteiger partial charge < -0.3 is 10.5 Å². The number of nitrogens with two attached hydrogens (primary N) is 1. The van der Waals surface area contributed by atoms with E-state index in [1.54, 1.807) is 11.8 Å². The summed E-state index contributed by atoms with van der Waals surface area (Å²) < 4.78 is 4.56. The fourth-order valence-electron chi connectivity index (χ4n) is 1.25. The Balaban J connectivity index is 2.60. The fourth-order valence-corrected chi connectivity index (χ4v) is 1.66. The van der Waals surface area contributed by atoms with Crippen LogP contribution in [0.15, 0.2) is 29.2 Å². The Bertz CT molecular complexity index is 324. The van der Waals surface area contributed by atoms with Crippen molar-refractivity contribution in [2.24, 2.45) is 5.73 Å². The van der Waals surface area contributed by atoms with Crippen LogP contribution in [0.25, 0.3) is 0 Å². The number of esters is 1. The molecule has 0 aromatic heterocycles. The molecule has 0 aliphatic heterocycles. The van der Waals surface area contributed by atoms with E-state index in [1.807, 2.05) is 30.5 Å². The average molecular weight is 225 g/mol. The van der Waals surface area contributed by atoms with Crippen molar-refractivity contribution < 1.29 is 9.53 Å². The van der Waals surface area contributed by atoms with Gasteiger partial charge in [0, 0.05) is 4.90 Å². The number of carbonyl (C=O) groups is 1. The van der Waals surface area contributed by atoms with Gasteiger partial charge in [-0.3, -0.25) is 4.79 Å². The Kier molecular flexibility index (Phi) is 4.65. The predicted octanol–water partition coefficient (Wildman–Crippen LogP) is 1.45. The lowest BCUT2D eigenvalue weighted by Crippen LogP contribution is -2.33. The van der Waals surface area contributed by atoms with Gasteiger partial charge in [0.25, 0.3) is 0 Å². The minimum absolute atomic E-state index is 0.371. The predicted molar refractivity (Wildman–Crippen MR) is 61.9 cm³/mol. The normalized spacial score (nSPS) is 12.2. The highest BCUT2D eigenvalue weighted by Crippen LogP contribution is 2.15. The molecule has 0 aliphatic rings. The zero-order valence-electron chi connectivity index (χ0n) is 8.90. The highest BCUT2D eigenvalue weighted by Gasteiger charge is 2.13. The lowest BCUT2D eigenvalue weighted by atomic mass is 10.1. The van der Waals surface area contributed by atoms with E-state index in [0.29, 0.717) is 6.42 Å². The summed E-state index contributed by atoms with van der Waals surface area (Å²) >= 11 is 1.68. The van der Waals surface area contributed by atoms with Crippen molar-refractivity contribution >= 4 is 17.7 Å². The maximum Gasteiger partial charge on any atom is 0.322 e. The van der Waals surface area contributed by atoms with Crippen molar-refractivity contribution in [1.82, 2.24) is 0 Å². The van der Waals surface area contributed by atoms with Gasteiger partial charge in [-0.25, -0.2) is 0 Å². The Hall–Kier alpha value is -1.00. The SMILES string of the molecule is COC(=O)[C@@H](N)Cc1ccc(SC)cc1. The lowest BCUT2D eigenvalue weighted by Gasteiger charge is -2.09. The molecule has 4 heteroatoms. The second-order valence-corrected chi connectivity index (χ2v) is 4.06. The molecule has 0 heterocycles. The summed E-state index contributed by atoms with van der Waals surface area (Å²) in [7, 11) is 1.35. The smallest absolute Gasteiger partial charge is 0.322 e. The first kappa shape index (κ1) is 12.1. The third-order valence-electron chi connectivity index (χ3n) is 2.12. The van der Waals surface area contributed by atoms with Crippen molar-refractivity contribution in [3.05, 3.63) is 29.8 Å². The Morgan fingerprint density at radius 2 is 2.07 bits per heavy atom. The number of thioether (sulfide) groups is 1. The first-order valence-corrected chi connectivity index (χ1v) is 5.86. The molecule has 3 nitrogen and oxygen atoms in total. The van der Waals surface area contributed by atoms with Crippen LogP contribution in [0.2, 0.25) is 0 Å². The number of hydrogen-bond donors (Lipinski definition) is 1. The minimum Gasteiger partial charge on any atom is -0.468 e. The summed E-state index contributed by atoms with van der Waals surface area (Å²) in [6.45, 7) is 0. The van der Waals surface area contributed by atoms with Crippen LogP contribution < -0.4 is 5.73 Å². The molecule has 1 atom stereocenters. The van der Waals surface area contributed by atoms with Crippen LogP contribution in [0.1, 0.15) is 5.56 Å². The van der Waals surface area contributed by atoms with Crippen molar-refractivity contribution in [1.29, 1.82) is 0 Å². The van der Waals surface area contributed by atoms with Gasteiger partial charge in [0.05, 0.1) is 7.11 Å². The standard InChI is InChI=1S/C11H15NO2S/c1-14-11(13)10(12)7-8-3-5-9(15-2)6-4-8/h3-6,10H,7,12H2,1-2H3/t10-/m0/s1. The van der Waals surface area contributed by atoms with Crippen molar-refractivity contribution in [3.8, 4) is 0 Å². The molecule has 1 rings (SSSR count). The van der Waals surface area contributed by atoms with E-state index in [2.05, 4.69) is 4.74 Å². The van der Waals surface area contributed by atoms with E-state index in [9.17, 15) is 4.79 Å². The molecule has 0 saturated heterocycles. The molecule has 0 fully saturated rings. The monoisotopic (exact) mass is 225 g/mol. The van der Waals surface area contributed by atoms with Crippen molar-refractivity contribution in [2.75, 3.05) is 13.4 Å². The molecule has 0 amide bonds. The summed E-state index contributed by atoms with van der Waals surface area (Å²) in [6, 6.07) is 7.42. The first-order valence-electron chi connectivity index (χ1n) is 4.63. The van der Waals surface area contributed by atoms with Crippen molar-refractivity contribution in [3.63, 3.8) is 0 Å². The van der Waals surface area contributed by atoms with Crippen LogP contribution in [0.4, 0.5) is 0 Å². The molecule has 82 valence electrons. The summed E-state index contributed by atoms with van der Waals surface area (Å²) in [6.07, 6.45) is 2.54. The topological polar surface area (TPSA) is 52.3 Å². The maximum atomic E-state index is 11.1. The molecule has 0 bridgehead atoms. The third-order valence-corrected chi connectivity index (χ3v) is 2.86. The van der Waals surface area contributed by atoms with Gasteiger partial charge in [0.1, 0.15) is 6.04 Å². The van der Waals surface area contributed by atoms with Crippen LogP contribution in [-0.4, -0.2) is 25.4 Å². The van der Waals surface area contributed by atoms with Crippen molar-refractivity contribution in [2.45, 2.75) is 17.4 Å². The Labute approximate surface area is 94.0 Å². The van der Waals surface area contributed by atoms with E-state index >= 15 is 0 Å². The van der Waals surface area contributed by atoms with E-state index < -0.39 is 6.04 Å². The van der Waals surface area contributed by atoms with E-state index in [0.717, 1.165) is 5.56 Å². The fraction of sp³-hybridized carbons (Fsp3) is 0.364. The quantitative estimate of drug-likeness (QED) is 0.622. The number of carbonyl (C=O) groups excluding carboxylic acids is 1. The highest BCUT2D eigenvalue weighted by atomic mass is 32.2. The summed E-state index contributed by atoms with van der Waals surface area (Å²) in [4.78, 5) is 12.3. The van der Waals surface area contributed by atoms with Gasteiger partial charge in [-0.15, -0.1) is 11.8 Å². The molecule has 1 aromatic carbocycles. The van der Waals surface area contributed by atoms with E-state index in [4.69, 9.17) is 5.73 Å². The van der Waals surface area contributed by atoms with Crippen LogP contribution in [-0.2, 0) is 16.0 Å².